The number of hydrogen-bond donors (Lipinski definition) is 2. The number of nitrogen functional groups attached to an aromatic ring is 1. The minimum Gasteiger partial charge on any atom is -0.383 e. The predicted octanol–water partition coefficient (Wildman–Crippen LogP) is 3.02. The number of nitrogens with one attached hydrogen (secondary N) is 1. The van der Waals surface area contributed by atoms with Crippen LogP contribution in [0.1, 0.15) is 49.9 Å². The molecule has 0 bridgehead atoms. The van der Waals surface area contributed by atoms with Crippen molar-refractivity contribution in [3.8, 4) is 0 Å². The van der Waals surface area contributed by atoms with E-state index < -0.39 is 11.2 Å². The van der Waals surface area contributed by atoms with Gasteiger partial charge < -0.3 is 10.6 Å². The van der Waals surface area contributed by atoms with Crippen molar-refractivity contribution in [3.05, 3.63) is 55.7 Å². The van der Waals surface area contributed by atoms with Crippen LogP contribution in [0, 0.1) is 0 Å². The molecule has 0 unspecified atom stereocenters. The van der Waals surface area contributed by atoms with Gasteiger partial charge in [0.1, 0.15) is 5.82 Å². The summed E-state index contributed by atoms with van der Waals surface area (Å²) in [6, 6.07) is 6.42. The second-order valence-corrected chi connectivity index (χ2v) is 6.75. The Morgan fingerprint density at radius 3 is 2.37 bits per heavy atom. The van der Waals surface area contributed by atoms with Crippen LogP contribution in [-0.2, 0) is 6.54 Å². The molecule has 0 aliphatic rings. The number of benzene rings is 1. The molecule has 0 saturated heterocycles. The van der Waals surface area contributed by atoms with Gasteiger partial charge in [0.2, 0.25) is 0 Å². The van der Waals surface area contributed by atoms with Crippen molar-refractivity contribution >= 4 is 29.0 Å². The SMILES string of the molecule is CCCCN(C(=O)c1ccc(Cl)cc1)c1c(N)n(CCCC)c(=O)[nH]c1=O. The van der Waals surface area contributed by atoms with Crippen LogP contribution in [-0.4, -0.2) is 22.0 Å². The summed E-state index contributed by atoms with van der Waals surface area (Å²) in [5.41, 5.74) is 5.34. The van der Waals surface area contributed by atoms with Gasteiger partial charge in [-0.2, -0.15) is 0 Å². The van der Waals surface area contributed by atoms with Gasteiger partial charge in [-0.3, -0.25) is 19.1 Å². The predicted molar refractivity (Wildman–Crippen MR) is 109 cm³/mol. The largest absolute Gasteiger partial charge is 0.383 e. The zero-order valence-corrected chi connectivity index (χ0v) is 16.4. The molecule has 2 aromatic rings. The minimum absolute atomic E-state index is 0.00983. The summed E-state index contributed by atoms with van der Waals surface area (Å²) in [5, 5.41) is 0.511. The first-order valence-corrected chi connectivity index (χ1v) is 9.48. The van der Waals surface area contributed by atoms with Crippen molar-refractivity contribution < 1.29 is 4.79 Å². The third kappa shape index (κ3) is 4.80. The summed E-state index contributed by atoms with van der Waals surface area (Å²) in [6.45, 7) is 4.67. The fraction of sp³-hybridized carbons (Fsp3) is 0.421. The van der Waals surface area contributed by atoms with E-state index in [4.69, 9.17) is 17.3 Å². The first kappa shape index (κ1) is 20.8. The van der Waals surface area contributed by atoms with Gasteiger partial charge in [0.15, 0.2) is 5.69 Å². The zero-order chi connectivity index (χ0) is 20.0. The summed E-state index contributed by atoms with van der Waals surface area (Å²) in [5.74, 6) is -0.353. The first-order chi connectivity index (χ1) is 12.9. The third-order valence-electron chi connectivity index (χ3n) is 4.29. The van der Waals surface area contributed by atoms with Gasteiger partial charge >= 0.3 is 5.69 Å². The van der Waals surface area contributed by atoms with E-state index in [2.05, 4.69) is 4.98 Å². The molecule has 0 aliphatic heterocycles. The molecule has 0 spiro atoms. The van der Waals surface area contributed by atoms with E-state index in [0.29, 0.717) is 30.1 Å². The topological polar surface area (TPSA) is 101 Å². The third-order valence-corrected chi connectivity index (χ3v) is 4.54. The van der Waals surface area contributed by atoms with Gasteiger partial charge in [0.05, 0.1) is 0 Å². The maximum absolute atomic E-state index is 13.1. The summed E-state index contributed by atoms with van der Waals surface area (Å²) >= 11 is 5.90. The van der Waals surface area contributed by atoms with Crippen molar-refractivity contribution in [2.75, 3.05) is 17.2 Å². The van der Waals surface area contributed by atoms with E-state index in [1.54, 1.807) is 24.3 Å². The lowest BCUT2D eigenvalue weighted by Gasteiger charge is -2.24. The maximum Gasteiger partial charge on any atom is 0.330 e. The number of nitrogens with zero attached hydrogens (tertiary/aromatic N) is 2. The number of aromatic amines is 1. The normalized spacial score (nSPS) is 10.8. The highest BCUT2D eigenvalue weighted by Gasteiger charge is 2.24. The molecule has 1 amide bonds. The standard InChI is InChI=1S/C19H25ClN4O3/c1-3-5-11-23(18(26)13-7-9-14(20)10-8-13)15-16(21)24(12-6-4-2)19(27)22-17(15)25/h7-10H,3-6,11-12,21H2,1-2H3,(H,22,25,27). The number of aromatic nitrogens is 2. The Morgan fingerprint density at radius 2 is 1.78 bits per heavy atom. The highest BCUT2D eigenvalue weighted by molar-refractivity contribution is 6.30. The lowest BCUT2D eigenvalue weighted by Crippen LogP contribution is -2.41. The molecule has 1 aromatic heterocycles. The quantitative estimate of drug-likeness (QED) is 0.720. The fourth-order valence-corrected chi connectivity index (χ4v) is 2.88. The van der Waals surface area contributed by atoms with Crippen molar-refractivity contribution in [2.24, 2.45) is 0 Å². The van der Waals surface area contributed by atoms with Crippen LogP contribution in [0.2, 0.25) is 5.02 Å². The molecule has 27 heavy (non-hydrogen) atoms. The zero-order valence-electron chi connectivity index (χ0n) is 15.6. The van der Waals surface area contributed by atoms with Crippen molar-refractivity contribution in [3.63, 3.8) is 0 Å². The molecule has 0 fully saturated rings. The van der Waals surface area contributed by atoms with Crippen LogP contribution >= 0.6 is 11.6 Å². The number of H-pyrrole nitrogens is 1. The average Bonchev–Trinajstić information content (AvgIpc) is 2.64. The number of carbonyl (C=O) groups is 1. The van der Waals surface area contributed by atoms with Gasteiger partial charge in [-0.05, 0) is 37.1 Å². The lowest BCUT2D eigenvalue weighted by molar-refractivity contribution is 0.0986. The molecule has 0 radical (unpaired) electrons. The Hall–Kier alpha value is -2.54. The number of amides is 1. The van der Waals surface area contributed by atoms with E-state index in [-0.39, 0.29) is 17.4 Å². The van der Waals surface area contributed by atoms with Crippen LogP contribution in [0.4, 0.5) is 11.5 Å². The number of carbonyl (C=O) groups excluding carboxylic acids is 1. The van der Waals surface area contributed by atoms with E-state index in [0.717, 1.165) is 19.3 Å². The van der Waals surface area contributed by atoms with Crippen LogP contribution < -0.4 is 21.9 Å². The lowest BCUT2D eigenvalue weighted by atomic mass is 10.1. The number of halogens is 1. The van der Waals surface area contributed by atoms with E-state index >= 15 is 0 Å². The van der Waals surface area contributed by atoms with E-state index in [1.807, 2.05) is 13.8 Å². The number of nitrogens with two attached hydrogens (primary N) is 1. The van der Waals surface area contributed by atoms with Crippen LogP contribution in [0.15, 0.2) is 33.9 Å². The van der Waals surface area contributed by atoms with Crippen molar-refractivity contribution in [1.29, 1.82) is 0 Å². The Bertz CT molecular complexity index is 903. The fourth-order valence-electron chi connectivity index (χ4n) is 2.76. The van der Waals surface area contributed by atoms with Crippen LogP contribution in [0.25, 0.3) is 0 Å². The van der Waals surface area contributed by atoms with Crippen LogP contribution in [0.5, 0.6) is 0 Å². The Balaban J connectivity index is 2.55. The molecular formula is C19H25ClN4O3. The molecule has 1 aromatic carbocycles. The number of hydrogen-bond acceptors (Lipinski definition) is 4. The van der Waals surface area contributed by atoms with Gasteiger partial charge in [-0.1, -0.05) is 38.3 Å². The number of anilines is 2. The summed E-state index contributed by atoms with van der Waals surface area (Å²) in [7, 11) is 0. The monoisotopic (exact) mass is 392 g/mol. The molecule has 7 nitrogen and oxygen atoms in total. The average molecular weight is 393 g/mol. The summed E-state index contributed by atoms with van der Waals surface area (Å²) in [4.78, 5) is 41.4. The Kier molecular flexibility index (Phi) is 7.24. The minimum atomic E-state index is -0.663. The summed E-state index contributed by atoms with van der Waals surface area (Å²) < 4.78 is 1.31. The van der Waals surface area contributed by atoms with Crippen molar-refractivity contribution in [1.82, 2.24) is 9.55 Å². The highest BCUT2D eigenvalue weighted by atomic mass is 35.5. The molecule has 0 saturated carbocycles. The van der Waals surface area contributed by atoms with E-state index in [9.17, 15) is 14.4 Å². The van der Waals surface area contributed by atoms with Crippen LogP contribution in [0.3, 0.4) is 0 Å². The molecule has 3 N–H and O–H groups in total. The van der Waals surface area contributed by atoms with Gasteiger partial charge in [0, 0.05) is 23.7 Å². The molecular weight excluding hydrogens is 368 g/mol. The molecule has 146 valence electrons. The number of rotatable bonds is 8. The molecule has 0 aliphatic carbocycles. The summed E-state index contributed by atoms with van der Waals surface area (Å²) in [6.07, 6.45) is 3.11. The molecule has 2 rings (SSSR count). The number of unbranched alkanes of at least 4 members (excludes halogenated alkanes) is 2. The molecule has 8 heteroatoms. The van der Waals surface area contributed by atoms with Crippen molar-refractivity contribution in [2.45, 2.75) is 46.1 Å². The Labute approximate surface area is 162 Å². The highest BCUT2D eigenvalue weighted by Crippen LogP contribution is 2.21. The molecule has 1 heterocycles. The Morgan fingerprint density at radius 1 is 1.15 bits per heavy atom. The second kappa shape index (κ2) is 9.41. The van der Waals surface area contributed by atoms with Gasteiger partial charge in [-0.25, -0.2) is 4.79 Å². The first-order valence-electron chi connectivity index (χ1n) is 9.10. The maximum atomic E-state index is 13.1. The van der Waals surface area contributed by atoms with Gasteiger partial charge in [-0.15, -0.1) is 0 Å². The van der Waals surface area contributed by atoms with E-state index in [1.165, 1.54) is 9.47 Å². The smallest absolute Gasteiger partial charge is 0.330 e. The van der Waals surface area contributed by atoms with Gasteiger partial charge in [0.25, 0.3) is 11.5 Å². The molecule has 0 atom stereocenters. The second-order valence-electron chi connectivity index (χ2n) is 6.32.